The smallest absolute Gasteiger partial charge is 0.219 e. The van der Waals surface area contributed by atoms with E-state index in [1.165, 1.54) is 0 Å². The fraction of sp³-hybridized carbons (Fsp3) is 0.300. The van der Waals surface area contributed by atoms with E-state index in [0.717, 1.165) is 34.3 Å². The van der Waals surface area contributed by atoms with E-state index < -0.39 is 6.10 Å². The van der Waals surface area contributed by atoms with Gasteiger partial charge in [-0.15, -0.1) is 0 Å². The van der Waals surface area contributed by atoms with Gasteiger partial charge in [0.2, 0.25) is 5.88 Å². The molecule has 3 rings (SSSR count). The Morgan fingerprint density at radius 2 is 1.92 bits per heavy atom. The molecular weight excluding hydrogens is 394 g/mol. The lowest BCUT2D eigenvalue weighted by Crippen LogP contribution is -2.22. The molecule has 0 saturated heterocycles. The highest BCUT2D eigenvalue weighted by molar-refractivity contribution is 9.10. The van der Waals surface area contributed by atoms with Crippen molar-refractivity contribution in [2.45, 2.75) is 20.0 Å². The van der Waals surface area contributed by atoms with Crippen LogP contribution in [0.25, 0.3) is 10.9 Å². The molecule has 1 atom stereocenters. The number of methoxy groups -OCH3 is 1. The molecule has 6 heteroatoms. The SMILES string of the molecule is CCN(CC)c1ccc(C(O)c2cc3cc(Br)ccc3nc2OC)cn1. The maximum atomic E-state index is 10.9. The van der Waals surface area contributed by atoms with Crippen molar-refractivity contribution in [3.63, 3.8) is 0 Å². The van der Waals surface area contributed by atoms with Crippen molar-refractivity contribution in [2.24, 2.45) is 0 Å². The van der Waals surface area contributed by atoms with Gasteiger partial charge in [0.25, 0.3) is 0 Å². The number of aromatic nitrogens is 2. The molecule has 0 radical (unpaired) electrons. The summed E-state index contributed by atoms with van der Waals surface area (Å²) in [7, 11) is 1.56. The highest BCUT2D eigenvalue weighted by atomic mass is 79.9. The van der Waals surface area contributed by atoms with Crippen LogP contribution in [0, 0.1) is 0 Å². The predicted octanol–water partition coefficient (Wildman–Crippen LogP) is 4.33. The number of halogens is 1. The Morgan fingerprint density at radius 1 is 1.15 bits per heavy atom. The molecule has 5 nitrogen and oxygen atoms in total. The molecule has 0 fully saturated rings. The summed E-state index contributed by atoms with van der Waals surface area (Å²) in [6.07, 6.45) is 0.849. The summed E-state index contributed by atoms with van der Waals surface area (Å²) < 4.78 is 6.37. The first-order valence-electron chi connectivity index (χ1n) is 8.60. The number of fused-ring (bicyclic) bond motifs is 1. The van der Waals surface area contributed by atoms with Crippen LogP contribution in [0.3, 0.4) is 0 Å². The highest BCUT2D eigenvalue weighted by Gasteiger charge is 2.19. The molecule has 0 amide bonds. The lowest BCUT2D eigenvalue weighted by Gasteiger charge is -2.20. The van der Waals surface area contributed by atoms with Gasteiger partial charge in [-0.25, -0.2) is 9.97 Å². The molecule has 0 spiro atoms. The number of hydrogen-bond donors (Lipinski definition) is 1. The molecule has 2 heterocycles. The van der Waals surface area contributed by atoms with Crippen LogP contribution in [0.4, 0.5) is 5.82 Å². The molecule has 2 aromatic heterocycles. The minimum Gasteiger partial charge on any atom is -0.481 e. The zero-order chi connectivity index (χ0) is 18.7. The van der Waals surface area contributed by atoms with Crippen LogP contribution < -0.4 is 9.64 Å². The average Bonchev–Trinajstić information content (AvgIpc) is 2.68. The summed E-state index contributed by atoms with van der Waals surface area (Å²) in [4.78, 5) is 11.2. The molecule has 26 heavy (non-hydrogen) atoms. The first-order chi connectivity index (χ1) is 12.6. The van der Waals surface area contributed by atoms with Gasteiger partial charge in [0.15, 0.2) is 0 Å². The van der Waals surface area contributed by atoms with Crippen LogP contribution in [0.2, 0.25) is 0 Å². The van der Waals surface area contributed by atoms with E-state index in [2.05, 4.69) is 44.6 Å². The van der Waals surface area contributed by atoms with Gasteiger partial charge in [0.05, 0.1) is 12.6 Å². The fourth-order valence-corrected chi connectivity index (χ4v) is 3.36. The number of rotatable bonds is 6. The van der Waals surface area contributed by atoms with E-state index in [9.17, 15) is 5.11 Å². The van der Waals surface area contributed by atoms with Crippen LogP contribution in [-0.4, -0.2) is 35.3 Å². The highest BCUT2D eigenvalue weighted by Crippen LogP contribution is 2.32. The lowest BCUT2D eigenvalue weighted by atomic mass is 10.0. The maximum Gasteiger partial charge on any atom is 0.219 e. The Hall–Kier alpha value is -2.18. The number of pyridine rings is 2. The molecule has 1 aromatic carbocycles. The van der Waals surface area contributed by atoms with Gasteiger partial charge in [-0.05, 0) is 44.2 Å². The van der Waals surface area contributed by atoms with Gasteiger partial charge in [0.1, 0.15) is 11.9 Å². The zero-order valence-electron chi connectivity index (χ0n) is 15.1. The van der Waals surface area contributed by atoms with Gasteiger partial charge < -0.3 is 14.7 Å². The van der Waals surface area contributed by atoms with Gasteiger partial charge in [0, 0.05) is 40.3 Å². The molecule has 0 aliphatic rings. The Kier molecular flexibility index (Phi) is 5.74. The van der Waals surface area contributed by atoms with Crippen molar-refractivity contribution in [1.82, 2.24) is 9.97 Å². The van der Waals surface area contributed by atoms with Crippen molar-refractivity contribution in [1.29, 1.82) is 0 Å². The molecule has 3 aromatic rings. The second kappa shape index (κ2) is 8.01. The Bertz CT molecular complexity index is 895. The summed E-state index contributed by atoms with van der Waals surface area (Å²) in [5, 5.41) is 11.8. The summed E-state index contributed by atoms with van der Waals surface area (Å²) in [5.74, 6) is 1.32. The number of ether oxygens (including phenoxy) is 1. The van der Waals surface area contributed by atoms with Crippen molar-refractivity contribution in [3.8, 4) is 5.88 Å². The first-order valence-corrected chi connectivity index (χ1v) is 9.39. The predicted molar refractivity (Wildman–Crippen MR) is 108 cm³/mol. The number of anilines is 1. The number of nitrogens with zero attached hydrogens (tertiary/aromatic N) is 3. The molecule has 1 unspecified atom stereocenters. The molecule has 136 valence electrons. The van der Waals surface area contributed by atoms with Crippen molar-refractivity contribution >= 4 is 32.7 Å². The van der Waals surface area contributed by atoms with Gasteiger partial charge in [-0.1, -0.05) is 22.0 Å². The van der Waals surface area contributed by atoms with E-state index in [1.807, 2.05) is 36.4 Å². The van der Waals surface area contributed by atoms with E-state index in [1.54, 1.807) is 13.3 Å². The van der Waals surface area contributed by atoms with Crippen molar-refractivity contribution in [2.75, 3.05) is 25.1 Å². The van der Waals surface area contributed by atoms with Gasteiger partial charge in [-0.3, -0.25) is 0 Å². The van der Waals surface area contributed by atoms with Crippen LogP contribution in [-0.2, 0) is 0 Å². The maximum absolute atomic E-state index is 10.9. The van der Waals surface area contributed by atoms with Crippen molar-refractivity contribution < 1.29 is 9.84 Å². The van der Waals surface area contributed by atoms with Crippen LogP contribution >= 0.6 is 15.9 Å². The molecule has 0 aliphatic heterocycles. The minimum atomic E-state index is -0.862. The fourth-order valence-electron chi connectivity index (χ4n) is 2.98. The van der Waals surface area contributed by atoms with E-state index in [4.69, 9.17) is 4.74 Å². The molecule has 0 saturated carbocycles. The number of aliphatic hydroxyl groups excluding tert-OH is 1. The molecule has 1 N–H and O–H groups in total. The van der Waals surface area contributed by atoms with Crippen molar-refractivity contribution in [3.05, 3.63) is 58.2 Å². The third kappa shape index (κ3) is 3.66. The summed E-state index contributed by atoms with van der Waals surface area (Å²) >= 11 is 3.47. The van der Waals surface area contributed by atoms with Crippen LogP contribution in [0.5, 0.6) is 5.88 Å². The standard InChI is InChI=1S/C20H22BrN3O2/c1-4-24(5-2)18-9-6-13(12-22-18)19(25)16-11-14-10-15(21)7-8-17(14)23-20(16)26-3/h6-12,19,25H,4-5H2,1-3H3. The molecular formula is C20H22BrN3O2. The summed E-state index contributed by atoms with van der Waals surface area (Å²) in [6, 6.07) is 11.6. The number of aliphatic hydroxyl groups is 1. The lowest BCUT2D eigenvalue weighted by molar-refractivity contribution is 0.213. The number of hydrogen-bond acceptors (Lipinski definition) is 5. The third-order valence-corrected chi connectivity index (χ3v) is 4.92. The Morgan fingerprint density at radius 3 is 2.54 bits per heavy atom. The largest absolute Gasteiger partial charge is 0.481 e. The minimum absolute atomic E-state index is 0.417. The summed E-state index contributed by atoms with van der Waals surface area (Å²) in [6.45, 7) is 5.97. The Balaban J connectivity index is 1.99. The topological polar surface area (TPSA) is 58.5 Å². The first kappa shape index (κ1) is 18.6. The van der Waals surface area contributed by atoms with Gasteiger partial charge in [-0.2, -0.15) is 0 Å². The third-order valence-electron chi connectivity index (χ3n) is 4.43. The monoisotopic (exact) mass is 415 g/mol. The summed E-state index contributed by atoms with van der Waals surface area (Å²) in [5.41, 5.74) is 2.14. The second-order valence-electron chi connectivity index (χ2n) is 5.95. The van der Waals surface area contributed by atoms with Gasteiger partial charge >= 0.3 is 0 Å². The van der Waals surface area contributed by atoms with E-state index in [0.29, 0.717) is 17.0 Å². The van der Waals surface area contributed by atoms with Crippen LogP contribution in [0.1, 0.15) is 31.1 Å². The second-order valence-corrected chi connectivity index (χ2v) is 6.86. The molecule has 0 aliphatic carbocycles. The number of benzene rings is 1. The van der Waals surface area contributed by atoms with E-state index >= 15 is 0 Å². The quantitative estimate of drug-likeness (QED) is 0.648. The average molecular weight is 416 g/mol. The zero-order valence-corrected chi connectivity index (χ0v) is 16.7. The normalized spacial score (nSPS) is 12.2. The Labute approximate surface area is 161 Å². The van der Waals surface area contributed by atoms with E-state index in [-0.39, 0.29) is 0 Å². The van der Waals surface area contributed by atoms with Crippen LogP contribution in [0.15, 0.2) is 47.1 Å². The molecule has 0 bridgehead atoms.